The van der Waals surface area contributed by atoms with Gasteiger partial charge in [0.2, 0.25) is 0 Å². The molecule has 2 nitrogen and oxygen atoms in total. The first kappa shape index (κ1) is 69.5. The Bertz CT molecular complexity index is 1020. The molecule has 0 radical (unpaired) electrons. The lowest BCUT2D eigenvalue weighted by atomic mass is 10.1. The Morgan fingerprint density at radius 2 is 0.404 bits per heavy atom. The van der Waals surface area contributed by atoms with E-state index in [1.807, 2.05) is 175 Å². The Kier molecular flexibility index (Phi) is 115. The Hall–Kier alpha value is -4.26. The number of fused-ring (bicyclic) bond motifs is 1. The lowest BCUT2D eigenvalue weighted by molar-refractivity contribution is -0.191. The zero-order chi connectivity index (χ0) is 42.7. The molecule has 0 N–H and O–H groups in total. The van der Waals surface area contributed by atoms with Crippen molar-refractivity contribution >= 4 is 16.9 Å². The van der Waals surface area contributed by atoms with E-state index in [0.717, 1.165) is 6.42 Å². The van der Waals surface area contributed by atoms with E-state index in [9.17, 15) is 0 Å². The molecular formula is C50H86O2. The lowest BCUT2D eigenvalue weighted by Gasteiger charge is -2.00. The summed E-state index contributed by atoms with van der Waals surface area (Å²) in [6.45, 7) is 40.0. The van der Waals surface area contributed by atoms with Gasteiger partial charge in [-0.1, -0.05) is 284 Å². The second kappa shape index (κ2) is 85.9. The van der Waals surface area contributed by atoms with Crippen molar-refractivity contribution in [1.29, 1.82) is 0 Å². The third kappa shape index (κ3) is 58.0. The molecule has 0 atom stereocenters. The number of carbonyl (C=O) groups excluding carboxylic acids is 2. The average molecular weight is 719 g/mol. The molecule has 0 aliphatic carbocycles. The largest absolute Gasteiger partial charge is 0.373 e. The van der Waals surface area contributed by atoms with Crippen LogP contribution in [0.5, 0.6) is 0 Å². The molecule has 0 heterocycles. The minimum absolute atomic E-state index is 0.250. The third-order valence-corrected chi connectivity index (χ3v) is 4.42. The van der Waals surface area contributed by atoms with Gasteiger partial charge in [0.05, 0.1) is 0 Å². The van der Waals surface area contributed by atoms with Crippen molar-refractivity contribution in [3.63, 3.8) is 0 Å². The van der Waals surface area contributed by atoms with Crippen molar-refractivity contribution in [2.45, 2.75) is 145 Å². The van der Waals surface area contributed by atoms with E-state index in [4.69, 9.17) is 9.59 Å². The van der Waals surface area contributed by atoms with Gasteiger partial charge in [-0.25, -0.2) is 0 Å². The maximum atomic E-state index is 8.12. The highest BCUT2D eigenvalue weighted by Gasteiger charge is 1.92. The number of hydrogen-bond donors (Lipinski definition) is 0. The zero-order valence-electron chi connectivity index (χ0n) is 37.9. The molecule has 0 saturated heterocycles. The standard InChI is InChI=1S/C13H12.C10H8.C6H6.10C2H6.CO2/c1-3-7-12(8-4-1)11-13-9-5-2-6-10-13;1-2-6-10-8-4-3-7-9(10)5-1;1-2-4-6-5-3-1;10*1-2;2-1-3/h1-10H,11H2;1-8H;1-6H;10*1-2H3;. The van der Waals surface area contributed by atoms with Gasteiger partial charge in [-0.15, -0.1) is 0 Å². The monoisotopic (exact) mass is 719 g/mol. The van der Waals surface area contributed by atoms with Crippen LogP contribution in [0.3, 0.4) is 0 Å². The minimum atomic E-state index is 0.250. The first-order chi connectivity index (χ1) is 25.8. The van der Waals surface area contributed by atoms with Gasteiger partial charge in [0, 0.05) is 0 Å². The Morgan fingerprint density at radius 3 is 0.577 bits per heavy atom. The van der Waals surface area contributed by atoms with E-state index in [0.29, 0.717) is 0 Å². The summed E-state index contributed by atoms with van der Waals surface area (Å²) < 4.78 is 0. The zero-order valence-corrected chi connectivity index (χ0v) is 37.9. The molecule has 0 spiro atoms. The Labute approximate surface area is 327 Å². The van der Waals surface area contributed by atoms with Crippen molar-refractivity contribution < 1.29 is 9.59 Å². The molecule has 5 aromatic rings. The van der Waals surface area contributed by atoms with E-state index in [1.165, 1.54) is 21.9 Å². The van der Waals surface area contributed by atoms with Crippen LogP contribution in [0.25, 0.3) is 10.8 Å². The summed E-state index contributed by atoms with van der Waals surface area (Å²) in [6, 6.07) is 49.8. The predicted octanol–water partition coefficient (Wildman–Crippen LogP) is 17.5. The van der Waals surface area contributed by atoms with Crippen LogP contribution in [0.15, 0.2) is 146 Å². The minimum Gasteiger partial charge on any atom is -0.186 e. The van der Waals surface area contributed by atoms with Gasteiger partial charge >= 0.3 is 6.15 Å². The summed E-state index contributed by atoms with van der Waals surface area (Å²) in [6.07, 6.45) is 1.28. The molecule has 0 aliphatic rings. The fourth-order valence-corrected chi connectivity index (χ4v) is 2.95. The van der Waals surface area contributed by atoms with Crippen LogP contribution < -0.4 is 0 Å². The van der Waals surface area contributed by atoms with Crippen molar-refractivity contribution in [2.24, 2.45) is 0 Å². The summed E-state index contributed by atoms with van der Waals surface area (Å²) in [7, 11) is 0. The molecule has 52 heavy (non-hydrogen) atoms. The van der Waals surface area contributed by atoms with Crippen molar-refractivity contribution in [2.75, 3.05) is 0 Å². The molecule has 5 rings (SSSR count). The van der Waals surface area contributed by atoms with Gasteiger partial charge in [0.15, 0.2) is 0 Å². The van der Waals surface area contributed by atoms with Crippen LogP contribution in [0.4, 0.5) is 0 Å². The van der Waals surface area contributed by atoms with Crippen molar-refractivity contribution in [1.82, 2.24) is 0 Å². The first-order valence-electron chi connectivity index (χ1n) is 20.3. The highest BCUT2D eigenvalue weighted by atomic mass is 16.2. The predicted molar refractivity (Wildman–Crippen MR) is 245 cm³/mol. The van der Waals surface area contributed by atoms with Crippen LogP contribution in [0, 0.1) is 0 Å². The quantitative estimate of drug-likeness (QED) is 0.182. The highest BCUT2D eigenvalue weighted by Crippen LogP contribution is 2.11. The van der Waals surface area contributed by atoms with Gasteiger partial charge in [-0.3, -0.25) is 0 Å². The maximum absolute atomic E-state index is 8.12. The van der Waals surface area contributed by atoms with Gasteiger partial charge in [0.1, 0.15) is 0 Å². The molecule has 5 aromatic carbocycles. The second-order valence-electron chi connectivity index (χ2n) is 6.73. The SMILES string of the molecule is CC.CC.CC.CC.CC.CC.CC.CC.CC.CC.O=C=O.c1ccc(Cc2ccccc2)cc1.c1ccc2ccccc2c1.c1ccccc1. The van der Waals surface area contributed by atoms with Gasteiger partial charge < -0.3 is 0 Å². The maximum Gasteiger partial charge on any atom is 0.373 e. The molecule has 0 fully saturated rings. The number of benzene rings is 5. The molecule has 0 aliphatic heterocycles. The number of hydrogen-bond acceptors (Lipinski definition) is 2. The normalized spacial score (nSPS) is 6.62. The molecule has 0 unspecified atom stereocenters. The van der Waals surface area contributed by atoms with Gasteiger partial charge in [0.25, 0.3) is 0 Å². The van der Waals surface area contributed by atoms with Gasteiger partial charge in [-0.2, -0.15) is 9.59 Å². The molecule has 0 saturated carbocycles. The fraction of sp³-hybridized carbons (Fsp3) is 0.420. The second-order valence-corrected chi connectivity index (χ2v) is 6.73. The molecule has 2 heteroatoms. The van der Waals surface area contributed by atoms with Crippen molar-refractivity contribution in [3.05, 3.63) is 157 Å². The summed E-state index contributed by atoms with van der Waals surface area (Å²) in [4.78, 5) is 16.2. The van der Waals surface area contributed by atoms with E-state index < -0.39 is 0 Å². The first-order valence-corrected chi connectivity index (χ1v) is 20.3. The third-order valence-electron chi connectivity index (χ3n) is 4.42. The fourth-order valence-electron chi connectivity index (χ4n) is 2.95. The van der Waals surface area contributed by atoms with Crippen LogP contribution in [0.2, 0.25) is 0 Å². The summed E-state index contributed by atoms with van der Waals surface area (Å²) >= 11 is 0. The van der Waals surface area contributed by atoms with Crippen LogP contribution in [-0.4, -0.2) is 6.15 Å². The van der Waals surface area contributed by atoms with Crippen LogP contribution in [0.1, 0.15) is 150 Å². The topological polar surface area (TPSA) is 34.1 Å². The Morgan fingerprint density at radius 1 is 0.269 bits per heavy atom. The van der Waals surface area contributed by atoms with E-state index in [2.05, 4.69) is 109 Å². The molecule has 0 amide bonds. The van der Waals surface area contributed by atoms with Gasteiger partial charge in [-0.05, 0) is 28.3 Å². The molecule has 0 bridgehead atoms. The highest BCUT2D eigenvalue weighted by molar-refractivity contribution is 5.82. The summed E-state index contributed by atoms with van der Waals surface area (Å²) in [5.41, 5.74) is 2.74. The molecule has 298 valence electrons. The molecule has 0 aromatic heterocycles. The average Bonchev–Trinajstić information content (AvgIpc) is 3.30. The molecular weight excluding hydrogens is 633 g/mol. The van der Waals surface area contributed by atoms with Crippen LogP contribution >= 0.6 is 0 Å². The van der Waals surface area contributed by atoms with Crippen LogP contribution in [-0.2, 0) is 16.0 Å². The summed E-state index contributed by atoms with van der Waals surface area (Å²) in [5, 5.41) is 2.62. The van der Waals surface area contributed by atoms with E-state index in [1.54, 1.807) is 0 Å². The number of rotatable bonds is 2. The van der Waals surface area contributed by atoms with Crippen molar-refractivity contribution in [3.8, 4) is 0 Å². The van der Waals surface area contributed by atoms with E-state index in [-0.39, 0.29) is 6.15 Å². The lowest BCUT2D eigenvalue weighted by Crippen LogP contribution is -1.85. The summed E-state index contributed by atoms with van der Waals surface area (Å²) in [5.74, 6) is 0. The Balaban J connectivity index is -0.0000000609. The van der Waals surface area contributed by atoms with E-state index >= 15 is 0 Å². The smallest absolute Gasteiger partial charge is 0.186 e.